The molecule has 1 aliphatic carbocycles. The number of aliphatic hydroxyl groups is 1. The van der Waals surface area contributed by atoms with Crippen molar-refractivity contribution < 1.29 is 19.4 Å². The van der Waals surface area contributed by atoms with Gasteiger partial charge in [0.25, 0.3) is 5.91 Å². The topological polar surface area (TPSA) is 79.2 Å². The molecule has 2 aliphatic rings. The Morgan fingerprint density at radius 3 is 3.00 bits per heavy atom. The molecule has 17 heavy (non-hydrogen) atoms. The van der Waals surface area contributed by atoms with E-state index in [4.69, 9.17) is 4.74 Å². The first kappa shape index (κ1) is 12.0. The summed E-state index contributed by atoms with van der Waals surface area (Å²) in [5.41, 5.74) is 0. The molecule has 0 bridgehead atoms. The molecule has 3 unspecified atom stereocenters. The second-order valence-electron chi connectivity index (χ2n) is 4.24. The van der Waals surface area contributed by atoms with E-state index >= 15 is 0 Å². The van der Waals surface area contributed by atoms with Crippen LogP contribution in [0.3, 0.4) is 0 Å². The van der Waals surface area contributed by atoms with Gasteiger partial charge in [0, 0.05) is 6.21 Å². The Morgan fingerprint density at radius 1 is 1.65 bits per heavy atom. The molecule has 1 heterocycles. The molecule has 6 heteroatoms. The van der Waals surface area contributed by atoms with E-state index in [-0.39, 0.29) is 12.6 Å². The van der Waals surface area contributed by atoms with Gasteiger partial charge in [0.2, 0.25) is 0 Å². The van der Waals surface area contributed by atoms with Crippen LogP contribution in [0.15, 0.2) is 5.10 Å². The summed E-state index contributed by atoms with van der Waals surface area (Å²) in [5.74, 6) is -1.91. The molecule has 0 aromatic heterocycles. The minimum Gasteiger partial charge on any atom is -0.465 e. The van der Waals surface area contributed by atoms with Gasteiger partial charge < -0.3 is 9.84 Å². The van der Waals surface area contributed by atoms with Crippen LogP contribution in [0, 0.1) is 5.92 Å². The minimum atomic E-state index is -0.942. The third-order valence-electron chi connectivity index (χ3n) is 3.13. The molecule has 1 saturated carbocycles. The quantitative estimate of drug-likeness (QED) is 0.552. The van der Waals surface area contributed by atoms with E-state index in [0.29, 0.717) is 6.42 Å². The highest BCUT2D eigenvalue weighted by Crippen LogP contribution is 2.27. The lowest BCUT2D eigenvalue weighted by Gasteiger charge is -2.23. The maximum Gasteiger partial charge on any atom is 0.324 e. The number of aliphatic hydroxyl groups excluding tert-OH is 1. The molecule has 3 atom stereocenters. The van der Waals surface area contributed by atoms with E-state index in [1.54, 1.807) is 6.92 Å². The standard InChI is InChI=1S/C11H16N2O4/c1-2-17-11(16)7-6-12-13(10(7)15)8-4-3-5-9(8)14/h6-9,14H,2-5H2,1H3. The smallest absolute Gasteiger partial charge is 0.324 e. The van der Waals surface area contributed by atoms with Crippen molar-refractivity contribution in [2.45, 2.75) is 38.3 Å². The van der Waals surface area contributed by atoms with Crippen molar-refractivity contribution in [2.24, 2.45) is 11.0 Å². The molecule has 1 aliphatic heterocycles. The number of hydrogen-bond donors (Lipinski definition) is 1. The monoisotopic (exact) mass is 240 g/mol. The van der Waals surface area contributed by atoms with Gasteiger partial charge in [0.05, 0.1) is 18.8 Å². The Labute approximate surface area is 99.2 Å². The summed E-state index contributed by atoms with van der Waals surface area (Å²) in [4.78, 5) is 23.4. The molecule has 2 rings (SSSR count). The van der Waals surface area contributed by atoms with Crippen molar-refractivity contribution in [3.05, 3.63) is 0 Å². The first-order valence-corrected chi connectivity index (χ1v) is 5.87. The van der Waals surface area contributed by atoms with Crippen molar-refractivity contribution in [3.63, 3.8) is 0 Å². The van der Waals surface area contributed by atoms with E-state index in [0.717, 1.165) is 12.8 Å². The van der Waals surface area contributed by atoms with Gasteiger partial charge in [-0.25, -0.2) is 5.01 Å². The molecule has 0 saturated heterocycles. The second-order valence-corrected chi connectivity index (χ2v) is 4.24. The molecule has 1 fully saturated rings. The molecule has 1 N–H and O–H groups in total. The minimum absolute atomic E-state index is 0.239. The third kappa shape index (κ3) is 2.17. The predicted molar refractivity (Wildman–Crippen MR) is 59.1 cm³/mol. The summed E-state index contributed by atoms with van der Waals surface area (Å²) in [7, 11) is 0. The number of rotatable bonds is 3. The number of esters is 1. The third-order valence-corrected chi connectivity index (χ3v) is 3.13. The van der Waals surface area contributed by atoms with Gasteiger partial charge in [-0.05, 0) is 26.2 Å². The maximum absolute atomic E-state index is 11.9. The Morgan fingerprint density at radius 2 is 2.41 bits per heavy atom. The Balaban J connectivity index is 2.03. The van der Waals surface area contributed by atoms with Crippen molar-refractivity contribution in [3.8, 4) is 0 Å². The van der Waals surface area contributed by atoms with Gasteiger partial charge in [-0.2, -0.15) is 5.10 Å². The highest BCUT2D eigenvalue weighted by atomic mass is 16.5. The lowest BCUT2D eigenvalue weighted by atomic mass is 10.1. The molecular weight excluding hydrogens is 224 g/mol. The first-order valence-electron chi connectivity index (χ1n) is 5.87. The Kier molecular flexibility index (Phi) is 3.42. The van der Waals surface area contributed by atoms with Crippen LogP contribution >= 0.6 is 0 Å². The van der Waals surface area contributed by atoms with E-state index in [1.807, 2.05) is 0 Å². The molecule has 0 spiro atoms. The zero-order valence-electron chi connectivity index (χ0n) is 9.70. The Bertz CT molecular complexity index is 355. The van der Waals surface area contributed by atoms with Crippen LogP contribution in [0.5, 0.6) is 0 Å². The van der Waals surface area contributed by atoms with Crippen molar-refractivity contribution >= 4 is 18.1 Å². The number of carbonyl (C=O) groups is 2. The maximum atomic E-state index is 11.9. The Hall–Kier alpha value is -1.43. The average molecular weight is 240 g/mol. The lowest BCUT2D eigenvalue weighted by molar-refractivity contribution is -0.152. The SMILES string of the molecule is CCOC(=O)C1C=NN(C2CCCC2O)C1=O. The van der Waals surface area contributed by atoms with Crippen LogP contribution < -0.4 is 0 Å². The fourth-order valence-corrected chi connectivity index (χ4v) is 2.25. The van der Waals surface area contributed by atoms with Gasteiger partial charge in [-0.15, -0.1) is 0 Å². The average Bonchev–Trinajstić information content (AvgIpc) is 2.85. The normalized spacial score (nSPS) is 32.2. The van der Waals surface area contributed by atoms with Crippen LogP contribution in [0.2, 0.25) is 0 Å². The summed E-state index contributed by atoms with van der Waals surface area (Å²) in [5, 5.41) is 14.9. The summed E-state index contributed by atoms with van der Waals surface area (Å²) in [6, 6.07) is -0.293. The van der Waals surface area contributed by atoms with Gasteiger partial charge in [-0.3, -0.25) is 9.59 Å². The van der Waals surface area contributed by atoms with Crippen molar-refractivity contribution in [2.75, 3.05) is 6.61 Å². The largest absolute Gasteiger partial charge is 0.465 e. The number of ether oxygens (including phenoxy) is 1. The number of hydrazone groups is 1. The number of hydrogen-bond acceptors (Lipinski definition) is 5. The molecule has 0 aromatic carbocycles. The molecule has 1 amide bonds. The number of carbonyl (C=O) groups excluding carboxylic acids is 2. The summed E-state index contributed by atoms with van der Waals surface area (Å²) in [6.07, 6.45) is 3.02. The van der Waals surface area contributed by atoms with Gasteiger partial charge in [0.1, 0.15) is 0 Å². The molecular formula is C11H16N2O4. The summed E-state index contributed by atoms with van der Waals surface area (Å²) in [6.45, 7) is 1.93. The van der Waals surface area contributed by atoms with Gasteiger partial charge in [0.15, 0.2) is 5.92 Å². The number of nitrogens with zero attached hydrogens (tertiary/aromatic N) is 2. The fraction of sp³-hybridized carbons (Fsp3) is 0.727. The zero-order valence-corrected chi connectivity index (χ0v) is 9.70. The zero-order chi connectivity index (χ0) is 12.4. The number of amides is 1. The lowest BCUT2D eigenvalue weighted by Crippen LogP contribution is -2.42. The van der Waals surface area contributed by atoms with Crippen LogP contribution in [0.25, 0.3) is 0 Å². The summed E-state index contributed by atoms with van der Waals surface area (Å²) < 4.78 is 4.79. The van der Waals surface area contributed by atoms with Crippen LogP contribution in [0.1, 0.15) is 26.2 Å². The fourth-order valence-electron chi connectivity index (χ4n) is 2.25. The van der Waals surface area contributed by atoms with E-state index in [9.17, 15) is 14.7 Å². The van der Waals surface area contributed by atoms with E-state index < -0.39 is 23.9 Å². The predicted octanol–water partition coefficient (Wildman–Crippen LogP) is -0.0929. The second kappa shape index (κ2) is 4.83. The van der Waals surface area contributed by atoms with E-state index in [2.05, 4.69) is 5.10 Å². The van der Waals surface area contributed by atoms with Crippen molar-refractivity contribution in [1.29, 1.82) is 0 Å². The van der Waals surface area contributed by atoms with E-state index in [1.165, 1.54) is 11.2 Å². The van der Waals surface area contributed by atoms with Crippen LogP contribution in [-0.4, -0.2) is 47.0 Å². The summed E-state index contributed by atoms with van der Waals surface area (Å²) >= 11 is 0. The highest BCUT2D eigenvalue weighted by molar-refractivity contribution is 6.13. The molecule has 6 nitrogen and oxygen atoms in total. The first-order chi connectivity index (χ1) is 8.15. The van der Waals surface area contributed by atoms with Crippen LogP contribution in [0.4, 0.5) is 0 Å². The van der Waals surface area contributed by atoms with Crippen molar-refractivity contribution in [1.82, 2.24) is 5.01 Å². The highest BCUT2D eigenvalue weighted by Gasteiger charge is 2.42. The molecule has 94 valence electrons. The van der Waals surface area contributed by atoms with Gasteiger partial charge in [-0.1, -0.05) is 0 Å². The molecule has 0 radical (unpaired) electrons. The van der Waals surface area contributed by atoms with Gasteiger partial charge >= 0.3 is 5.97 Å². The molecule has 0 aromatic rings. The van der Waals surface area contributed by atoms with Crippen LogP contribution in [-0.2, 0) is 14.3 Å².